The second-order valence-corrected chi connectivity index (χ2v) is 9.94. The molecule has 2 N–H and O–H groups in total. The molecule has 5 nitrogen and oxygen atoms in total. The summed E-state index contributed by atoms with van der Waals surface area (Å²) in [6.07, 6.45) is 5.13. The second kappa shape index (κ2) is 8.44. The molecule has 2 aliphatic carbocycles. The zero-order valence-electron chi connectivity index (χ0n) is 18.5. The topological polar surface area (TPSA) is 76.0 Å². The molecule has 0 aromatic heterocycles. The van der Waals surface area contributed by atoms with E-state index in [1.807, 2.05) is 43.3 Å². The Morgan fingerprint density at radius 1 is 1.26 bits per heavy atom. The number of allylic oxidation sites excluding steroid dienone is 2. The number of benzene rings is 1. The Labute approximate surface area is 184 Å². The van der Waals surface area contributed by atoms with Gasteiger partial charge in [-0.2, -0.15) is 0 Å². The van der Waals surface area contributed by atoms with Crippen LogP contribution in [0.4, 0.5) is 0 Å². The Morgan fingerprint density at radius 2 is 2.00 bits per heavy atom. The van der Waals surface area contributed by atoms with E-state index < -0.39 is 17.6 Å². The molecule has 6 atom stereocenters. The van der Waals surface area contributed by atoms with Gasteiger partial charge in [-0.25, -0.2) is 4.79 Å². The predicted octanol–water partition coefficient (Wildman–Crippen LogP) is 4.05. The minimum Gasteiger partial charge on any atom is -0.482 e. The lowest BCUT2D eigenvalue weighted by atomic mass is 9.46. The normalized spacial score (nSPS) is 39.3. The van der Waals surface area contributed by atoms with Gasteiger partial charge in [0.2, 0.25) is 0 Å². The van der Waals surface area contributed by atoms with Gasteiger partial charge < -0.3 is 19.7 Å². The van der Waals surface area contributed by atoms with Crippen molar-refractivity contribution in [2.24, 2.45) is 22.7 Å². The molecule has 0 spiro atoms. The van der Waals surface area contributed by atoms with E-state index in [0.29, 0.717) is 24.2 Å². The average Bonchev–Trinajstić information content (AvgIpc) is 3.10. The van der Waals surface area contributed by atoms with Gasteiger partial charge in [0.15, 0.2) is 6.10 Å². The lowest BCUT2D eigenvalue weighted by Crippen LogP contribution is -2.57. The highest BCUT2D eigenvalue weighted by Gasteiger charge is 2.57. The van der Waals surface area contributed by atoms with Gasteiger partial charge in [-0.05, 0) is 61.5 Å². The van der Waals surface area contributed by atoms with Crippen LogP contribution >= 0.6 is 0 Å². The summed E-state index contributed by atoms with van der Waals surface area (Å²) in [6, 6.07) is 9.47. The average molecular weight is 427 g/mol. The highest BCUT2D eigenvalue weighted by molar-refractivity contribution is 5.91. The number of aliphatic hydroxyl groups excluding tert-OH is 2. The summed E-state index contributed by atoms with van der Waals surface area (Å²) in [5.74, 6) is 0.784. The number of aliphatic hydroxyl groups is 2. The highest BCUT2D eigenvalue weighted by Crippen LogP contribution is 2.61. The molecule has 1 aromatic carbocycles. The van der Waals surface area contributed by atoms with Crippen LogP contribution in [0.2, 0.25) is 0 Å². The molecule has 1 aromatic rings. The zero-order chi connectivity index (χ0) is 22.2. The van der Waals surface area contributed by atoms with Crippen LogP contribution in [0, 0.1) is 22.7 Å². The zero-order valence-corrected chi connectivity index (χ0v) is 18.5. The molecule has 4 rings (SSSR count). The first-order valence-corrected chi connectivity index (χ1v) is 11.3. The van der Waals surface area contributed by atoms with Gasteiger partial charge in [0.25, 0.3) is 0 Å². The Morgan fingerprint density at radius 3 is 2.71 bits per heavy atom. The van der Waals surface area contributed by atoms with Crippen molar-refractivity contribution in [1.82, 2.24) is 0 Å². The molecule has 1 saturated heterocycles. The predicted molar refractivity (Wildman–Crippen MR) is 118 cm³/mol. The lowest BCUT2D eigenvalue weighted by molar-refractivity contribution is -0.151. The molecule has 5 heteroatoms. The molecule has 3 aliphatic rings. The summed E-state index contributed by atoms with van der Waals surface area (Å²) < 4.78 is 11.3. The molecule has 3 fully saturated rings. The van der Waals surface area contributed by atoms with Crippen molar-refractivity contribution in [1.29, 1.82) is 0 Å². The SMILES string of the molecule is C=C1CC[C@H]2[C@@](C)(CCC(O)[C@@]2(C)CO)C1C/C=C1/C(=O)OC[C@H]1Oc1ccccc1. The van der Waals surface area contributed by atoms with E-state index in [1.165, 1.54) is 5.57 Å². The summed E-state index contributed by atoms with van der Waals surface area (Å²) in [6.45, 7) is 8.87. The van der Waals surface area contributed by atoms with Gasteiger partial charge in [0.05, 0.1) is 18.3 Å². The van der Waals surface area contributed by atoms with E-state index in [-0.39, 0.29) is 36.4 Å². The van der Waals surface area contributed by atoms with Crippen molar-refractivity contribution in [3.05, 3.63) is 54.1 Å². The summed E-state index contributed by atoms with van der Waals surface area (Å²) in [4.78, 5) is 12.4. The molecule has 0 bridgehead atoms. The van der Waals surface area contributed by atoms with Crippen LogP contribution in [0.1, 0.15) is 46.0 Å². The van der Waals surface area contributed by atoms with Gasteiger partial charge in [-0.15, -0.1) is 0 Å². The summed E-state index contributed by atoms with van der Waals surface area (Å²) >= 11 is 0. The number of carbonyl (C=O) groups excluding carboxylic acids is 1. The van der Waals surface area contributed by atoms with Gasteiger partial charge in [-0.1, -0.05) is 50.3 Å². The van der Waals surface area contributed by atoms with Gasteiger partial charge in [0, 0.05) is 5.41 Å². The third kappa shape index (κ3) is 3.83. The number of para-hydroxylation sites is 1. The lowest BCUT2D eigenvalue weighted by Gasteiger charge is -2.59. The van der Waals surface area contributed by atoms with Crippen molar-refractivity contribution in [2.45, 2.75) is 58.2 Å². The molecule has 31 heavy (non-hydrogen) atoms. The third-order valence-corrected chi connectivity index (χ3v) is 8.24. The van der Waals surface area contributed by atoms with E-state index in [1.54, 1.807) is 0 Å². The Hall–Kier alpha value is -2.11. The number of fused-ring (bicyclic) bond motifs is 1. The van der Waals surface area contributed by atoms with Crippen LogP contribution in [0.25, 0.3) is 0 Å². The highest BCUT2D eigenvalue weighted by atomic mass is 16.6. The molecule has 0 radical (unpaired) electrons. The van der Waals surface area contributed by atoms with Crippen molar-refractivity contribution in [2.75, 3.05) is 13.2 Å². The molecule has 1 aliphatic heterocycles. The second-order valence-electron chi connectivity index (χ2n) is 9.94. The largest absolute Gasteiger partial charge is 0.482 e. The number of esters is 1. The van der Waals surface area contributed by atoms with E-state index in [4.69, 9.17) is 9.47 Å². The number of carbonyl (C=O) groups is 1. The van der Waals surface area contributed by atoms with E-state index in [9.17, 15) is 15.0 Å². The molecule has 168 valence electrons. The standard InChI is InChI=1S/C26H34O5/c1-17-9-12-22-25(2,14-13-23(28)26(22,3)16-27)20(17)11-10-19-21(15-30-24(19)29)31-18-7-5-4-6-8-18/h4-8,10,20-23,27-28H,1,9,11-16H2,2-3H3/b19-10+/t20?,21-,22+,23?,25+,26+/m1/s1. The van der Waals surface area contributed by atoms with Crippen LogP contribution in [-0.2, 0) is 9.53 Å². The molecular formula is C26H34O5. The number of rotatable bonds is 5. The minimum atomic E-state index is -0.510. The van der Waals surface area contributed by atoms with Gasteiger partial charge in [0.1, 0.15) is 12.4 Å². The number of hydrogen-bond acceptors (Lipinski definition) is 5. The number of ether oxygens (including phenoxy) is 2. The van der Waals surface area contributed by atoms with E-state index >= 15 is 0 Å². The van der Waals surface area contributed by atoms with Crippen LogP contribution in [0.3, 0.4) is 0 Å². The number of cyclic esters (lactones) is 1. The fraction of sp³-hybridized carbons (Fsp3) is 0.577. The van der Waals surface area contributed by atoms with Crippen molar-refractivity contribution in [3.8, 4) is 5.75 Å². The van der Waals surface area contributed by atoms with Crippen molar-refractivity contribution >= 4 is 5.97 Å². The van der Waals surface area contributed by atoms with Crippen LogP contribution < -0.4 is 4.74 Å². The fourth-order valence-corrected chi connectivity index (χ4v) is 6.31. The Kier molecular flexibility index (Phi) is 6.01. The third-order valence-electron chi connectivity index (χ3n) is 8.24. The maximum Gasteiger partial charge on any atom is 0.337 e. The number of hydrogen-bond donors (Lipinski definition) is 2. The first-order valence-electron chi connectivity index (χ1n) is 11.3. The summed E-state index contributed by atoms with van der Waals surface area (Å²) in [7, 11) is 0. The fourth-order valence-electron chi connectivity index (χ4n) is 6.31. The van der Waals surface area contributed by atoms with E-state index in [0.717, 1.165) is 19.3 Å². The Balaban J connectivity index is 1.57. The van der Waals surface area contributed by atoms with Crippen LogP contribution in [0.15, 0.2) is 54.1 Å². The molecule has 1 heterocycles. The van der Waals surface area contributed by atoms with Crippen molar-refractivity contribution in [3.63, 3.8) is 0 Å². The summed E-state index contributed by atoms with van der Waals surface area (Å²) in [5.41, 5.74) is 1.17. The monoisotopic (exact) mass is 426 g/mol. The smallest absolute Gasteiger partial charge is 0.337 e. The van der Waals surface area contributed by atoms with Gasteiger partial charge >= 0.3 is 5.97 Å². The quantitative estimate of drug-likeness (QED) is 0.422. The maximum absolute atomic E-state index is 12.4. The maximum atomic E-state index is 12.4. The summed E-state index contributed by atoms with van der Waals surface area (Å²) in [5, 5.41) is 20.8. The minimum absolute atomic E-state index is 0.0198. The molecule has 0 amide bonds. The van der Waals surface area contributed by atoms with Crippen LogP contribution in [-0.4, -0.2) is 41.6 Å². The molecule has 2 saturated carbocycles. The van der Waals surface area contributed by atoms with Crippen LogP contribution in [0.5, 0.6) is 5.75 Å². The Bertz CT molecular complexity index is 862. The first-order chi connectivity index (χ1) is 14.8. The molecule has 2 unspecified atom stereocenters. The van der Waals surface area contributed by atoms with Gasteiger partial charge in [-0.3, -0.25) is 0 Å². The first kappa shape index (κ1) is 22.1. The molecular weight excluding hydrogens is 392 g/mol. The van der Waals surface area contributed by atoms with Crippen molar-refractivity contribution < 1.29 is 24.5 Å². The van der Waals surface area contributed by atoms with E-state index in [2.05, 4.69) is 13.5 Å².